The van der Waals surface area contributed by atoms with Gasteiger partial charge in [-0.05, 0) is 12.1 Å². The summed E-state index contributed by atoms with van der Waals surface area (Å²) in [6.07, 6.45) is 0.0908. The number of halogens is 1. The second kappa shape index (κ2) is 7.62. The van der Waals surface area contributed by atoms with E-state index in [1.54, 1.807) is 0 Å². The number of amides is 1. The molecule has 0 saturated heterocycles. The standard InChI is InChI=1S/C20H15ClN2O4S2/c21-17-11-12-18(28-17)29(25,26)23-19(24)16-13-20(27-22-16,14-7-3-1-4-8-14)15-9-5-2-6-10-15/h1-12H,13H2,(H,23,24). The molecule has 2 heterocycles. The first-order valence-electron chi connectivity index (χ1n) is 8.59. The van der Waals surface area contributed by atoms with Gasteiger partial charge in [-0.15, -0.1) is 11.3 Å². The Hall–Kier alpha value is -2.68. The van der Waals surface area contributed by atoms with E-state index in [1.165, 1.54) is 12.1 Å². The number of thiophene rings is 1. The van der Waals surface area contributed by atoms with Crippen molar-refractivity contribution in [2.45, 2.75) is 16.2 Å². The second-order valence-corrected chi connectivity index (χ2v) is 9.98. The normalized spacial score (nSPS) is 15.4. The average Bonchev–Trinajstić information content (AvgIpc) is 3.37. The number of nitrogens with one attached hydrogen (secondary N) is 1. The monoisotopic (exact) mass is 446 g/mol. The summed E-state index contributed by atoms with van der Waals surface area (Å²) >= 11 is 6.67. The predicted molar refractivity (Wildman–Crippen MR) is 111 cm³/mol. The maximum Gasteiger partial charge on any atom is 0.282 e. The fourth-order valence-corrected chi connectivity index (χ4v) is 5.58. The van der Waals surface area contributed by atoms with Gasteiger partial charge in [0.15, 0.2) is 11.3 Å². The lowest BCUT2D eigenvalue weighted by Crippen LogP contribution is -2.37. The Kier molecular flexibility index (Phi) is 5.16. The summed E-state index contributed by atoms with van der Waals surface area (Å²) in [6, 6.07) is 21.6. The minimum absolute atomic E-state index is 0.0102. The van der Waals surface area contributed by atoms with Crippen molar-refractivity contribution < 1.29 is 18.0 Å². The SMILES string of the molecule is O=C(NS(=O)(=O)c1ccc(Cl)s1)C1=NOC(c2ccccc2)(c2ccccc2)C1. The summed E-state index contributed by atoms with van der Waals surface area (Å²) in [5.74, 6) is -0.830. The maximum absolute atomic E-state index is 12.7. The minimum atomic E-state index is -4.04. The molecule has 6 nitrogen and oxygen atoms in total. The lowest BCUT2D eigenvalue weighted by atomic mass is 9.82. The molecule has 0 spiro atoms. The van der Waals surface area contributed by atoms with E-state index < -0.39 is 21.5 Å². The van der Waals surface area contributed by atoms with Crippen molar-refractivity contribution in [1.82, 2.24) is 4.72 Å². The van der Waals surface area contributed by atoms with Gasteiger partial charge >= 0.3 is 0 Å². The van der Waals surface area contributed by atoms with Gasteiger partial charge in [-0.25, -0.2) is 13.1 Å². The van der Waals surface area contributed by atoms with Crippen LogP contribution in [0.4, 0.5) is 0 Å². The molecular weight excluding hydrogens is 432 g/mol. The first-order valence-corrected chi connectivity index (χ1v) is 11.3. The fraction of sp³-hybridized carbons (Fsp3) is 0.100. The number of carbonyl (C=O) groups is 1. The third kappa shape index (κ3) is 3.78. The molecule has 0 saturated carbocycles. The van der Waals surface area contributed by atoms with E-state index in [4.69, 9.17) is 16.4 Å². The molecule has 4 rings (SSSR count). The first kappa shape index (κ1) is 19.6. The van der Waals surface area contributed by atoms with Gasteiger partial charge in [-0.3, -0.25) is 4.79 Å². The first-order chi connectivity index (χ1) is 13.9. The van der Waals surface area contributed by atoms with Crippen molar-refractivity contribution in [1.29, 1.82) is 0 Å². The molecule has 9 heteroatoms. The van der Waals surface area contributed by atoms with Crippen LogP contribution in [0.1, 0.15) is 17.5 Å². The highest BCUT2D eigenvalue weighted by molar-refractivity contribution is 7.92. The quantitative estimate of drug-likeness (QED) is 0.643. The van der Waals surface area contributed by atoms with Gasteiger partial charge in [-0.2, -0.15) is 0 Å². The molecule has 29 heavy (non-hydrogen) atoms. The van der Waals surface area contributed by atoms with Crippen LogP contribution in [0.2, 0.25) is 4.34 Å². The minimum Gasteiger partial charge on any atom is -0.379 e. The van der Waals surface area contributed by atoms with Crippen molar-refractivity contribution in [3.63, 3.8) is 0 Å². The van der Waals surface area contributed by atoms with E-state index in [2.05, 4.69) is 5.16 Å². The lowest BCUT2D eigenvalue weighted by molar-refractivity contribution is -0.113. The van der Waals surface area contributed by atoms with Crippen molar-refractivity contribution >= 4 is 44.6 Å². The lowest BCUT2D eigenvalue weighted by Gasteiger charge is -2.27. The smallest absolute Gasteiger partial charge is 0.282 e. The zero-order valence-electron chi connectivity index (χ0n) is 14.9. The maximum atomic E-state index is 12.7. The molecule has 0 aliphatic carbocycles. The van der Waals surface area contributed by atoms with Gasteiger partial charge in [0.05, 0.1) is 10.8 Å². The van der Waals surface area contributed by atoms with Crippen LogP contribution < -0.4 is 4.72 Å². The number of hydrogen-bond acceptors (Lipinski definition) is 6. The molecule has 3 aromatic rings. The second-order valence-electron chi connectivity index (χ2n) is 6.36. The van der Waals surface area contributed by atoms with Crippen LogP contribution in [0.3, 0.4) is 0 Å². The van der Waals surface area contributed by atoms with Gasteiger partial charge in [0.25, 0.3) is 15.9 Å². The molecule has 0 unspecified atom stereocenters. The molecule has 1 aromatic heterocycles. The van der Waals surface area contributed by atoms with Gasteiger partial charge < -0.3 is 4.84 Å². The Morgan fingerprint density at radius 2 is 1.59 bits per heavy atom. The van der Waals surface area contributed by atoms with Crippen molar-refractivity contribution in [3.05, 3.63) is 88.3 Å². The van der Waals surface area contributed by atoms with Gasteiger partial charge in [0, 0.05) is 11.1 Å². The van der Waals surface area contributed by atoms with E-state index in [-0.39, 0.29) is 16.3 Å². The van der Waals surface area contributed by atoms with Crippen LogP contribution in [0, 0.1) is 0 Å². The number of rotatable bonds is 5. The third-order valence-electron chi connectivity index (χ3n) is 4.51. The number of oxime groups is 1. The number of carbonyl (C=O) groups excluding carboxylic acids is 1. The summed E-state index contributed by atoms with van der Waals surface area (Å²) in [5, 5.41) is 3.94. The van der Waals surface area contributed by atoms with Gasteiger partial charge in [0.2, 0.25) is 0 Å². The highest BCUT2D eigenvalue weighted by Gasteiger charge is 2.45. The molecule has 0 radical (unpaired) electrons. The van der Waals surface area contributed by atoms with Crippen LogP contribution in [-0.2, 0) is 25.3 Å². The van der Waals surface area contributed by atoms with Gasteiger partial charge in [0.1, 0.15) is 4.21 Å². The van der Waals surface area contributed by atoms with Crippen molar-refractivity contribution in [3.8, 4) is 0 Å². The van der Waals surface area contributed by atoms with E-state index in [9.17, 15) is 13.2 Å². The third-order valence-corrected chi connectivity index (χ3v) is 7.56. The molecular formula is C20H15ClN2O4S2. The number of hydrogen-bond donors (Lipinski definition) is 1. The highest BCUT2D eigenvalue weighted by Crippen LogP contribution is 2.41. The Labute approximate surface area is 176 Å². The molecule has 1 aliphatic rings. The number of nitrogens with zero attached hydrogens (tertiary/aromatic N) is 1. The number of sulfonamides is 1. The van der Waals surface area contributed by atoms with E-state index in [0.29, 0.717) is 4.34 Å². The molecule has 0 fully saturated rings. The molecule has 1 aliphatic heterocycles. The van der Waals surface area contributed by atoms with Crippen molar-refractivity contribution in [2.75, 3.05) is 0 Å². The van der Waals surface area contributed by atoms with Crippen LogP contribution in [0.15, 0.2) is 82.2 Å². The summed E-state index contributed by atoms with van der Waals surface area (Å²) in [6.45, 7) is 0. The van der Waals surface area contributed by atoms with Gasteiger partial charge in [-0.1, -0.05) is 77.4 Å². The summed E-state index contributed by atoms with van der Waals surface area (Å²) in [7, 11) is -4.04. The van der Waals surface area contributed by atoms with Crippen molar-refractivity contribution in [2.24, 2.45) is 5.16 Å². The van der Waals surface area contributed by atoms with Crippen LogP contribution >= 0.6 is 22.9 Å². The molecule has 0 atom stereocenters. The van der Waals surface area contributed by atoms with E-state index in [0.717, 1.165) is 22.5 Å². The zero-order chi connectivity index (χ0) is 20.5. The highest BCUT2D eigenvalue weighted by atomic mass is 35.5. The van der Waals surface area contributed by atoms with Crippen LogP contribution in [0.5, 0.6) is 0 Å². The molecule has 1 amide bonds. The Balaban J connectivity index is 1.62. The van der Waals surface area contributed by atoms with Crippen LogP contribution in [-0.4, -0.2) is 20.0 Å². The Morgan fingerprint density at radius 1 is 1.00 bits per heavy atom. The van der Waals surface area contributed by atoms with E-state index in [1.807, 2.05) is 65.4 Å². The summed E-state index contributed by atoms with van der Waals surface area (Å²) in [5.41, 5.74) is 0.603. The van der Waals surface area contributed by atoms with E-state index >= 15 is 0 Å². The molecule has 0 bridgehead atoms. The molecule has 148 valence electrons. The Bertz CT molecular complexity index is 1140. The zero-order valence-corrected chi connectivity index (χ0v) is 17.3. The summed E-state index contributed by atoms with van der Waals surface area (Å²) < 4.78 is 27.2. The largest absolute Gasteiger partial charge is 0.379 e. The fourth-order valence-electron chi connectivity index (χ4n) is 3.12. The van der Waals surface area contributed by atoms with Crippen LogP contribution in [0.25, 0.3) is 0 Å². The average molecular weight is 447 g/mol. The summed E-state index contributed by atoms with van der Waals surface area (Å²) in [4.78, 5) is 18.4. The number of benzene rings is 2. The Morgan fingerprint density at radius 3 is 2.10 bits per heavy atom. The molecule has 2 aromatic carbocycles. The topological polar surface area (TPSA) is 84.8 Å². The molecule has 1 N–H and O–H groups in total. The predicted octanol–water partition coefficient (Wildman–Crippen LogP) is 3.93.